The number of aromatic hydroxyl groups is 1. The number of fused-ring (bicyclic) bond motifs is 1. The monoisotopic (exact) mass is 540 g/mol. The first-order valence-electron chi connectivity index (χ1n) is 13.0. The van der Waals surface area contributed by atoms with Crippen LogP contribution in [0.5, 0.6) is 11.5 Å². The standard InChI is InChI=1S/C33H36O5Si/c1-7-14-27-30(20-29(35)31-28(34)19-24(3)38-32(27)31)36-21-23(2)22-37-39(33(4,5)6,25-15-10-8-11-16-25)26-17-12-9-13-18-26/h7-13,15-20,35H,1-2,14,21-22H2,3-6H3. The maximum Gasteiger partial charge on any atom is 0.261 e. The van der Waals surface area contributed by atoms with Crippen molar-refractivity contribution in [3.8, 4) is 11.5 Å². The number of rotatable bonds is 10. The summed E-state index contributed by atoms with van der Waals surface area (Å²) in [4.78, 5) is 12.5. The molecule has 1 aromatic heterocycles. The molecule has 0 saturated heterocycles. The van der Waals surface area contributed by atoms with Gasteiger partial charge in [-0.2, -0.15) is 0 Å². The minimum atomic E-state index is -2.72. The molecular weight excluding hydrogens is 504 g/mol. The Morgan fingerprint density at radius 2 is 1.59 bits per heavy atom. The molecule has 0 saturated carbocycles. The van der Waals surface area contributed by atoms with E-state index in [1.807, 2.05) is 12.1 Å². The fourth-order valence-corrected chi connectivity index (χ4v) is 9.70. The van der Waals surface area contributed by atoms with Crippen LogP contribution < -0.4 is 20.5 Å². The van der Waals surface area contributed by atoms with Gasteiger partial charge in [0.2, 0.25) is 0 Å². The summed E-state index contributed by atoms with van der Waals surface area (Å²) in [6.45, 7) is 16.9. The predicted octanol–water partition coefficient (Wildman–Crippen LogP) is 6.05. The van der Waals surface area contributed by atoms with Crippen molar-refractivity contribution in [1.29, 1.82) is 0 Å². The second-order valence-corrected chi connectivity index (χ2v) is 15.1. The molecule has 0 atom stereocenters. The van der Waals surface area contributed by atoms with Crippen molar-refractivity contribution in [3.63, 3.8) is 0 Å². The molecule has 0 spiro atoms. The van der Waals surface area contributed by atoms with Crippen LogP contribution in [0.1, 0.15) is 32.1 Å². The van der Waals surface area contributed by atoms with E-state index >= 15 is 0 Å². The second kappa shape index (κ2) is 11.5. The Balaban J connectivity index is 1.63. The largest absolute Gasteiger partial charge is 0.507 e. The molecule has 0 bridgehead atoms. The van der Waals surface area contributed by atoms with Gasteiger partial charge >= 0.3 is 0 Å². The molecule has 0 aliphatic rings. The molecule has 3 aromatic carbocycles. The third-order valence-corrected chi connectivity index (χ3v) is 11.8. The lowest BCUT2D eigenvalue weighted by Crippen LogP contribution is -2.66. The summed E-state index contributed by atoms with van der Waals surface area (Å²) in [7, 11) is -2.72. The molecule has 4 rings (SSSR count). The number of phenols is 1. The highest BCUT2D eigenvalue weighted by Gasteiger charge is 2.50. The van der Waals surface area contributed by atoms with Crippen molar-refractivity contribution >= 4 is 29.7 Å². The maximum absolute atomic E-state index is 12.5. The van der Waals surface area contributed by atoms with E-state index in [1.165, 1.54) is 22.5 Å². The zero-order valence-electron chi connectivity index (χ0n) is 23.1. The average Bonchev–Trinajstić information content (AvgIpc) is 2.89. The van der Waals surface area contributed by atoms with Crippen LogP contribution in [0, 0.1) is 6.92 Å². The molecule has 6 heteroatoms. The topological polar surface area (TPSA) is 68.9 Å². The van der Waals surface area contributed by atoms with Gasteiger partial charge in [0.25, 0.3) is 8.32 Å². The van der Waals surface area contributed by atoms with Crippen LogP contribution in [0.3, 0.4) is 0 Å². The van der Waals surface area contributed by atoms with Crippen LogP contribution in [-0.4, -0.2) is 26.6 Å². The van der Waals surface area contributed by atoms with Crippen molar-refractivity contribution in [2.24, 2.45) is 0 Å². The van der Waals surface area contributed by atoms with Gasteiger partial charge in [-0.1, -0.05) is 94.1 Å². The molecule has 0 aliphatic heterocycles. The Morgan fingerprint density at radius 1 is 1.00 bits per heavy atom. The molecule has 39 heavy (non-hydrogen) atoms. The lowest BCUT2D eigenvalue weighted by atomic mass is 10.0. The minimum Gasteiger partial charge on any atom is -0.507 e. The number of phenolic OH excluding ortho intramolecular Hbond substituents is 1. The van der Waals surface area contributed by atoms with Crippen molar-refractivity contribution in [2.75, 3.05) is 13.2 Å². The van der Waals surface area contributed by atoms with Gasteiger partial charge in [0.05, 0.1) is 6.61 Å². The van der Waals surface area contributed by atoms with E-state index in [1.54, 1.807) is 13.0 Å². The van der Waals surface area contributed by atoms with Gasteiger partial charge in [0.15, 0.2) is 5.43 Å². The predicted molar refractivity (Wildman–Crippen MR) is 161 cm³/mol. The molecule has 1 N–H and O–H groups in total. The van der Waals surface area contributed by atoms with E-state index in [0.717, 1.165) is 5.57 Å². The fraction of sp³-hybridized carbons (Fsp3) is 0.242. The summed E-state index contributed by atoms with van der Waals surface area (Å²) in [6, 6.07) is 23.7. The third-order valence-electron chi connectivity index (χ3n) is 6.86. The third kappa shape index (κ3) is 5.63. The van der Waals surface area contributed by atoms with Gasteiger partial charge in [-0.3, -0.25) is 4.79 Å². The van der Waals surface area contributed by atoms with Gasteiger partial charge < -0.3 is 18.7 Å². The molecule has 0 amide bonds. The molecule has 0 radical (unpaired) electrons. The second-order valence-electron chi connectivity index (χ2n) is 10.8. The highest BCUT2D eigenvalue weighted by Crippen LogP contribution is 2.37. The summed E-state index contributed by atoms with van der Waals surface area (Å²) >= 11 is 0. The summed E-state index contributed by atoms with van der Waals surface area (Å²) in [5.41, 5.74) is 1.41. The first-order chi connectivity index (χ1) is 18.6. The first-order valence-corrected chi connectivity index (χ1v) is 14.9. The van der Waals surface area contributed by atoms with Crippen LogP contribution in [0.2, 0.25) is 5.04 Å². The quantitative estimate of drug-likeness (QED) is 0.196. The van der Waals surface area contributed by atoms with E-state index in [2.05, 4.69) is 82.5 Å². The zero-order valence-corrected chi connectivity index (χ0v) is 24.1. The van der Waals surface area contributed by atoms with Gasteiger partial charge in [0, 0.05) is 17.7 Å². The van der Waals surface area contributed by atoms with Crippen LogP contribution in [0.25, 0.3) is 11.0 Å². The van der Waals surface area contributed by atoms with Gasteiger partial charge in [-0.05, 0) is 34.3 Å². The molecular formula is C33H36O5Si. The lowest BCUT2D eigenvalue weighted by molar-refractivity contribution is 0.289. The lowest BCUT2D eigenvalue weighted by Gasteiger charge is -2.43. The van der Waals surface area contributed by atoms with Gasteiger partial charge in [-0.25, -0.2) is 0 Å². The maximum atomic E-state index is 12.5. The highest BCUT2D eigenvalue weighted by atomic mass is 28.4. The number of allylic oxidation sites excluding steroid dienone is 1. The molecule has 4 aromatic rings. The van der Waals surface area contributed by atoms with E-state index in [0.29, 0.717) is 35.7 Å². The number of benzene rings is 3. The Kier molecular flexibility index (Phi) is 8.28. The van der Waals surface area contributed by atoms with Crippen molar-refractivity contribution in [1.82, 2.24) is 0 Å². The zero-order chi connectivity index (χ0) is 28.2. The van der Waals surface area contributed by atoms with Crippen molar-refractivity contribution < 1.29 is 18.7 Å². The van der Waals surface area contributed by atoms with Gasteiger partial charge in [-0.15, -0.1) is 6.58 Å². The summed E-state index contributed by atoms with van der Waals surface area (Å²) in [5, 5.41) is 13.0. The molecule has 1 heterocycles. The number of hydrogen-bond donors (Lipinski definition) is 1. The minimum absolute atomic E-state index is 0.138. The summed E-state index contributed by atoms with van der Waals surface area (Å²) < 4.78 is 19.0. The van der Waals surface area contributed by atoms with Crippen molar-refractivity contribution in [3.05, 3.63) is 119 Å². The Morgan fingerprint density at radius 3 is 2.13 bits per heavy atom. The number of aryl methyl sites for hydroxylation is 1. The highest BCUT2D eigenvalue weighted by molar-refractivity contribution is 6.99. The number of ether oxygens (including phenoxy) is 1. The average molecular weight is 541 g/mol. The number of hydrogen-bond acceptors (Lipinski definition) is 5. The Labute approximate surface area is 231 Å². The molecule has 0 aliphatic carbocycles. The van der Waals surface area contributed by atoms with Gasteiger partial charge in [0.1, 0.15) is 34.8 Å². The molecule has 202 valence electrons. The van der Waals surface area contributed by atoms with E-state index < -0.39 is 8.32 Å². The Hall–Kier alpha value is -3.87. The SMILES string of the molecule is C=CCc1c(OCC(=C)CO[Si](c2ccccc2)(c2ccccc2)C(C)(C)C)cc(O)c2c(=O)cc(C)oc12. The molecule has 0 fully saturated rings. The van der Waals surface area contributed by atoms with E-state index in [-0.39, 0.29) is 28.2 Å². The normalized spacial score (nSPS) is 11.9. The first kappa shape index (κ1) is 28.1. The molecule has 0 unspecified atom stereocenters. The summed E-state index contributed by atoms with van der Waals surface area (Å²) in [6.07, 6.45) is 2.12. The van der Waals surface area contributed by atoms with E-state index in [4.69, 9.17) is 13.6 Å². The van der Waals surface area contributed by atoms with E-state index in [9.17, 15) is 9.90 Å². The van der Waals surface area contributed by atoms with Crippen LogP contribution in [-0.2, 0) is 10.8 Å². The van der Waals surface area contributed by atoms with Crippen molar-refractivity contribution in [2.45, 2.75) is 39.2 Å². The fourth-order valence-electron chi connectivity index (χ4n) is 5.12. The van der Waals surface area contributed by atoms with Crippen LogP contribution >= 0.6 is 0 Å². The Bertz CT molecular complexity index is 1490. The summed E-state index contributed by atoms with van der Waals surface area (Å²) in [5.74, 6) is 0.688. The molecule has 5 nitrogen and oxygen atoms in total. The smallest absolute Gasteiger partial charge is 0.261 e. The van der Waals surface area contributed by atoms with Crippen LogP contribution in [0.4, 0.5) is 0 Å². The van der Waals surface area contributed by atoms with Crippen LogP contribution in [0.15, 0.2) is 107 Å².